The first-order valence-corrected chi connectivity index (χ1v) is 7.56. The van der Waals surface area contributed by atoms with Crippen LogP contribution in [0.25, 0.3) is 0 Å². The van der Waals surface area contributed by atoms with E-state index in [1.807, 2.05) is 0 Å². The zero-order valence-corrected chi connectivity index (χ0v) is 13.0. The van der Waals surface area contributed by atoms with Gasteiger partial charge in [0, 0.05) is 19.1 Å². The second-order valence-electron chi connectivity index (χ2n) is 5.45. The Morgan fingerprint density at radius 2 is 2.18 bits per heavy atom. The number of nitrogens with zero attached hydrogens (tertiary/aromatic N) is 1. The molecular weight excluding hydrogens is 317 g/mol. The minimum absolute atomic E-state index is 0.147. The van der Waals surface area contributed by atoms with Crippen LogP contribution in [-0.4, -0.2) is 36.5 Å². The molecule has 0 radical (unpaired) electrons. The van der Waals surface area contributed by atoms with Gasteiger partial charge in [-0.1, -0.05) is 17.7 Å². The molecule has 0 bridgehead atoms. The van der Waals surface area contributed by atoms with Crippen LogP contribution in [0, 0.1) is 0 Å². The molecule has 7 heteroatoms. The van der Waals surface area contributed by atoms with Crippen LogP contribution in [0.15, 0.2) is 18.2 Å². The van der Waals surface area contributed by atoms with Crippen molar-refractivity contribution >= 4 is 17.5 Å². The van der Waals surface area contributed by atoms with Crippen LogP contribution in [-0.2, 0) is 6.18 Å². The molecule has 2 rings (SSSR count). The van der Waals surface area contributed by atoms with Gasteiger partial charge in [-0.25, -0.2) is 0 Å². The maximum absolute atomic E-state index is 12.8. The van der Waals surface area contributed by atoms with Crippen LogP contribution in [0.2, 0.25) is 5.02 Å². The number of halogens is 4. The van der Waals surface area contributed by atoms with Crippen LogP contribution in [0.3, 0.4) is 0 Å². The van der Waals surface area contributed by atoms with Crippen molar-refractivity contribution in [1.29, 1.82) is 0 Å². The fourth-order valence-corrected chi connectivity index (χ4v) is 2.98. The van der Waals surface area contributed by atoms with Crippen molar-refractivity contribution in [2.24, 2.45) is 0 Å². The molecule has 1 aromatic rings. The standard InChI is InChI=1S/C15H18ClF3N2O/c1-10-4-3-8-21(10)9-7-20-14(22)11-5-2-6-12(13(11)16)15(17,18)19/h2,5-6,10H,3-4,7-9H2,1H3,(H,20,22). The van der Waals surface area contributed by atoms with Crippen molar-refractivity contribution in [3.63, 3.8) is 0 Å². The molecule has 1 aromatic carbocycles. The number of likely N-dealkylation sites (tertiary alicyclic amines) is 1. The first-order chi connectivity index (χ1) is 10.3. The van der Waals surface area contributed by atoms with Crippen LogP contribution in [0.5, 0.6) is 0 Å². The third-order valence-electron chi connectivity index (χ3n) is 3.92. The quantitative estimate of drug-likeness (QED) is 0.913. The minimum Gasteiger partial charge on any atom is -0.351 e. The lowest BCUT2D eigenvalue weighted by Crippen LogP contribution is -2.36. The first-order valence-electron chi connectivity index (χ1n) is 7.18. The molecule has 3 nitrogen and oxygen atoms in total. The Bertz CT molecular complexity index is 548. The maximum Gasteiger partial charge on any atom is 0.417 e. The SMILES string of the molecule is CC1CCCN1CCNC(=O)c1cccc(C(F)(F)F)c1Cl. The van der Waals surface area contributed by atoms with Gasteiger partial charge in [0.15, 0.2) is 0 Å². The van der Waals surface area contributed by atoms with Gasteiger partial charge in [0.05, 0.1) is 16.1 Å². The molecule has 1 saturated heterocycles. The fraction of sp³-hybridized carbons (Fsp3) is 0.533. The number of hydrogen-bond donors (Lipinski definition) is 1. The van der Waals surface area contributed by atoms with Crippen molar-refractivity contribution in [3.8, 4) is 0 Å². The summed E-state index contributed by atoms with van der Waals surface area (Å²) >= 11 is 5.73. The molecule has 1 fully saturated rings. The molecule has 1 aliphatic heterocycles. The topological polar surface area (TPSA) is 32.3 Å². The molecule has 122 valence electrons. The van der Waals surface area contributed by atoms with Crippen molar-refractivity contribution in [2.75, 3.05) is 19.6 Å². The molecule has 0 spiro atoms. The molecule has 1 unspecified atom stereocenters. The highest BCUT2D eigenvalue weighted by Gasteiger charge is 2.34. The molecule has 1 heterocycles. The Labute approximate surface area is 132 Å². The van der Waals surface area contributed by atoms with E-state index in [1.165, 1.54) is 12.1 Å². The number of benzene rings is 1. The molecular formula is C15H18ClF3N2O. The van der Waals surface area contributed by atoms with Gasteiger partial charge in [-0.15, -0.1) is 0 Å². The smallest absolute Gasteiger partial charge is 0.351 e. The van der Waals surface area contributed by atoms with Crippen LogP contribution in [0.1, 0.15) is 35.7 Å². The summed E-state index contributed by atoms with van der Waals surface area (Å²) < 4.78 is 38.3. The predicted molar refractivity (Wildman–Crippen MR) is 79.1 cm³/mol. The monoisotopic (exact) mass is 334 g/mol. The van der Waals surface area contributed by atoms with E-state index in [9.17, 15) is 18.0 Å². The zero-order chi connectivity index (χ0) is 16.3. The molecule has 22 heavy (non-hydrogen) atoms. The van der Waals surface area contributed by atoms with E-state index < -0.39 is 22.7 Å². The van der Waals surface area contributed by atoms with E-state index in [0.29, 0.717) is 19.1 Å². The van der Waals surface area contributed by atoms with Crippen LogP contribution in [0.4, 0.5) is 13.2 Å². The Morgan fingerprint density at radius 3 is 2.77 bits per heavy atom. The number of carbonyl (C=O) groups is 1. The Kier molecular flexibility index (Phi) is 5.34. The lowest BCUT2D eigenvalue weighted by molar-refractivity contribution is -0.137. The fourth-order valence-electron chi connectivity index (χ4n) is 2.66. The molecule has 1 amide bonds. The van der Waals surface area contributed by atoms with Crippen LogP contribution < -0.4 is 5.32 Å². The molecule has 1 aliphatic rings. The van der Waals surface area contributed by atoms with Crippen molar-refractivity contribution in [3.05, 3.63) is 34.3 Å². The summed E-state index contributed by atoms with van der Waals surface area (Å²) in [5.74, 6) is -0.581. The van der Waals surface area contributed by atoms with Crippen molar-refractivity contribution < 1.29 is 18.0 Å². The molecule has 0 aliphatic carbocycles. The maximum atomic E-state index is 12.8. The number of amides is 1. The van der Waals surface area contributed by atoms with Crippen LogP contribution >= 0.6 is 11.6 Å². The molecule has 0 aromatic heterocycles. The summed E-state index contributed by atoms with van der Waals surface area (Å²) in [6.45, 7) is 4.18. The number of carbonyl (C=O) groups excluding carboxylic acids is 1. The molecule has 1 atom stereocenters. The van der Waals surface area contributed by atoms with Gasteiger partial charge in [-0.3, -0.25) is 9.69 Å². The second-order valence-corrected chi connectivity index (χ2v) is 5.83. The van der Waals surface area contributed by atoms with Crippen molar-refractivity contribution in [1.82, 2.24) is 10.2 Å². The van der Waals surface area contributed by atoms with Gasteiger partial charge in [0.1, 0.15) is 0 Å². The normalized spacial score (nSPS) is 19.4. The predicted octanol–water partition coefficient (Wildman–Crippen LogP) is 3.57. The molecule has 1 N–H and O–H groups in total. The summed E-state index contributed by atoms with van der Waals surface area (Å²) in [4.78, 5) is 14.3. The third-order valence-corrected chi connectivity index (χ3v) is 4.33. The Morgan fingerprint density at radius 1 is 1.45 bits per heavy atom. The van der Waals surface area contributed by atoms with Gasteiger partial charge >= 0.3 is 6.18 Å². The van der Waals surface area contributed by atoms with E-state index in [-0.39, 0.29) is 5.56 Å². The Hall–Kier alpha value is -1.27. The summed E-state index contributed by atoms with van der Waals surface area (Å²) in [5, 5.41) is 2.08. The Balaban J connectivity index is 1.98. The number of rotatable bonds is 4. The van der Waals surface area contributed by atoms with E-state index >= 15 is 0 Å². The van der Waals surface area contributed by atoms with Gasteiger partial charge in [-0.05, 0) is 38.4 Å². The molecule has 0 saturated carbocycles. The number of alkyl halides is 3. The van der Waals surface area contributed by atoms with E-state index in [0.717, 1.165) is 25.5 Å². The highest BCUT2D eigenvalue weighted by Crippen LogP contribution is 2.36. The highest BCUT2D eigenvalue weighted by atomic mass is 35.5. The lowest BCUT2D eigenvalue weighted by atomic mass is 10.1. The summed E-state index contributed by atoms with van der Waals surface area (Å²) in [6, 6.07) is 3.83. The average molecular weight is 335 g/mol. The van der Waals surface area contributed by atoms with E-state index in [4.69, 9.17) is 11.6 Å². The largest absolute Gasteiger partial charge is 0.417 e. The van der Waals surface area contributed by atoms with E-state index in [1.54, 1.807) is 0 Å². The van der Waals surface area contributed by atoms with Gasteiger partial charge in [0.25, 0.3) is 5.91 Å². The summed E-state index contributed by atoms with van der Waals surface area (Å²) in [5.41, 5.74) is -1.14. The highest BCUT2D eigenvalue weighted by molar-refractivity contribution is 6.34. The first kappa shape index (κ1) is 17.1. The third kappa shape index (κ3) is 3.93. The summed E-state index contributed by atoms with van der Waals surface area (Å²) in [6.07, 6.45) is -2.31. The van der Waals surface area contributed by atoms with Gasteiger partial charge < -0.3 is 5.32 Å². The second kappa shape index (κ2) is 6.87. The number of nitrogens with one attached hydrogen (secondary N) is 1. The average Bonchev–Trinajstić information content (AvgIpc) is 2.83. The lowest BCUT2D eigenvalue weighted by Gasteiger charge is -2.21. The van der Waals surface area contributed by atoms with Gasteiger partial charge in [-0.2, -0.15) is 13.2 Å². The zero-order valence-electron chi connectivity index (χ0n) is 12.2. The number of hydrogen-bond acceptors (Lipinski definition) is 2. The van der Waals surface area contributed by atoms with Gasteiger partial charge in [0.2, 0.25) is 0 Å². The van der Waals surface area contributed by atoms with Crippen molar-refractivity contribution in [2.45, 2.75) is 32.0 Å². The summed E-state index contributed by atoms with van der Waals surface area (Å²) in [7, 11) is 0. The minimum atomic E-state index is -4.57. The van der Waals surface area contributed by atoms with E-state index in [2.05, 4.69) is 17.1 Å².